The van der Waals surface area contributed by atoms with Crippen LogP contribution in [0.1, 0.15) is 23.4 Å². The molecule has 154 valence electrons. The van der Waals surface area contributed by atoms with Crippen molar-refractivity contribution in [3.8, 4) is 5.69 Å². The molecule has 0 spiro atoms. The Labute approximate surface area is 184 Å². The number of aryl methyl sites for hydroxylation is 1. The van der Waals surface area contributed by atoms with E-state index in [0.29, 0.717) is 12.5 Å². The lowest BCUT2D eigenvalue weighted by Crippen LogP contribution is -2.39. The van der Waals surface area contributed by atoms with E-state index in [0.717, 1.165) is 68.5 Å². The molecule has 1 saturated heterocycles. The van der Waals surface area contributed by atoms with E-state index in [-0.39, 0.29) is 24.0 Å². The summed E-state index contributed by atoms with van der Waals surface area (Å²) in [4.78, 5) is 6.92. The molecule has 3 N–H and O–H groups in total. The largest absolute Gasteiger partial charge is 0.379 e. The first-order valence-corrected chi connectivity index (χ1v) is 9.59. The van der Waals surface area contributed by atoms with Gasteiger partial charge in [0.2, 0.25) is 0 Å². The molecular weight excluding hydrogens is 467 g/mol. The van der Waals surface area contributed by atoms with E-state index in [2.05, 4.69) is 39.4 Å². The maximum atomic E-state index is 6.04. The van der Waals surface area contributed by atoms with Gasteiger partial charge >= 0.3 is 0 Å². The molecule has 7 nitrogen and oxygen atoms in total. The molecule has 0 atom stereocenters. The summed E-state index contributed by atoms with van der Waals surface area (Å²) in [6.45, 7) is 10.2. The summed E-state index contributed by atoms with van der Waals surface area (Å²) in [5, 5.41) is 7.87. The fourth-order valence-electron chi connectivity index (χ4n) is 3.29. The van der Waals surface area contributed by atoms with Gasteiger partial charge in [0, 0.05) is 30.9 Å². The van der Waals surface area contributed by atoms with Crippen LogP contribution in [-0.2, 0) is 11.3 Å². The van der Waals surface area contributed by atoms with Crippen molar-refractivity contribution in [2.24, 2.45) is 10.7 Å². The quantitative estimate of drug-likeness (QED) is 0.265. The molecule has 2 aromatic rings. The third-order valence-corrected chi connectivity index (χ3v) is 4.91. The van der Waals surface area contributed by atoms with Gasteiger partial charge in [-0.3, -0.25) is 4.90 Å². The molecule has 28 heavy (non-hydrogen) atoms. The van der Waals surface area contributed by atoms with Crippen molar-refractivity contribution in [1.82, 2.24) is 20.0 Å². The van der Waals surface area contributed by atoms with E-state index in [1.165, 1.54) is 0 Å². The van der Waals surface area contributed by atoms with Crippen molar-refractivity contribution in [2.75, 3.05) is 39.4 Å². The molecule has 0 radical (unpaired) electrons. The number of guanidine groups is 1. The van der Waals surface area contributed by atoms with Crippen LogP contribution in [0.3, 0.4) is 0 Å². The third-order valence-electron chi connectivity index (χ3n) is 4.91. The smallest absolute Gasteiger partial charge is 0.188 e. The Hall–Kier alpha value is -1.65. The number of halogens is 1. The highest BCUT2D eigenvalue weighted by molar-refractivity contribution is 14.0. The average Bonchev–Trinajstić information content (AvgIpc) is 2.99. The Morgan fingerprint density at radius 1 is 1.21 bits per heavy atom. The molecule has 8 heteroatoms. The van der Waals surface area contributed by atoms with Crippen LogP contribution in [0.2, 0.25) is 0 Å². The first-order chi connectivity index (χ1) is 13.1. The Balaban J connectivity index is 0.00000280. The fraction of sp³-hybridized carbons (Fsp3) is 0.500. The number of nitrogens with one attached hydrogen (secondary N) is 1. The number of ether oxygens (including phenoxy) is 1. The van der Waals surface area contributed by atoms with Gasteiger partial charge in [0.1, 0.15) is 0 Å². The van der Waals surface area contributed by atoms with Crippen LogP contribution in [0.15, 0.2) is 35.3 Å². The topological polar surface area (TPSA) is 80.7 Å². The molecule has 1 aromatic carbocycles. The van der Waals surface area contributed by atoms with Crippen molar-refractivity contribution >= 4 is 29.9 Å². The third kappa shape index (κ3) is 6.18. The minimum absolute atomic E-state index is 0. The van der Waals surface area contributed by atoms with Crippen molar-refractivity contribution < 1.29 is 4.74 Å². The fourth-order valence-corrected chi connectivity index (χ4v) is 3.29. The summed E-state index contributed by atoms with van der Waals surface area (Å²) in [6, 6.07) is 10.1. The number of para-hydroxylation sites is 1. The van der Waals surface area contributed by atoms with Gasteiger partial charge in [-0.05, 0) is 38.9 Å². The summed E-state index contributed by atoms with van der Waals surface area (Å²) in [7, 11) is 0. The number of aliphatic imine (C=N–C) groups is 1. The zero-order valence-electron chi connectivity index (χ0n) is 16.7. The highest BCUT2D eigenvalue weighted by atomic mass is 127. The van der Waals surface area contributed by atoms with E-state index >= 15 is 0 Å². The van der Waals surface area contributed by atoms with Crippen molar-refractivity contribution in [3.63, 3.8) is 0 Å². The van der Waals surface area contributed by atoms with E-state index in [1.807, 2.05) is 29.8 Å². The molecule has 1 aliphatic rings. The number of rotatable bonds is 7. The predicted molar refractivity (Wildman–Crippen MR) is 124 cm³/mol. The van der Waals surface area contributed by atoms with Crippen molar-refractivity contribution in [2.45, 2.75) is 26.8 Å². The number of aromatic nitrogens is 2. The van der Waals surface area contributed by atoms with Gasteiger partial charge in [0.25, 0.3) is 0 Å². The van der Waals surface area contributed by atoms with Crippen LogP contribution in [0.25, 0.3) is 5.69 Å². The minimum Gasteiger partial charge on any atom is -0.379 e. The molecule has 0 saturated carbocycles. The average molecular weight is 498 g/mol. The lowest BCUT2D eigenvalue weighted by atomic mass is 10.2. The molecule has 1 aromatic heterocycles. The summed E-state index contributed by atoms with van der Waals surface area (Å²) in [5.74, 6) is 0.489. The van der Waals surface area contributed by atoms with Crippen molar-refractivity contribution in [3.05, 3.63) is 47.3 Å². The zero-order valence-corrected chi connectivity index (χ0v) is 19.1. The van der Waals surface area contributed by atoms with Gasteiger partial charge in [0.05, 0.1) is 31.1 Å². The van der Waals surface area contributed by atoms with Crippen LogP contribution >= 0.6 is 24.0 Å². The second-order valence-corrected chi connectivity index (χ2v) is 6.83. The summed E-state index contributed by atoms with van der Waals surface area (Å²) in [6.07, 6.45) is 1.04. The number of nitrogens with zero attached hydrogens (tertiary/aromatic N) is 4. The minimum atomic E-state index is 0. The van der Waals surface area contributed by atoms with Gasteiger partial charge in [-0.15, -0.1) is 24.0 Å². The summed E-state index contributed by atoms with van der Waals surface area (Å²) in [5.41, 5.74) is 10.3. The number of morpholine rings is 1. The second kappa shape index (κ2) is 11.4. The summed E-state index contributed by atoms with van der Waals surface area (Å²) < 4.78 is 7.33. The first-order valence-electron chi connectivity index (χ1n) is 9.59. The summed E-state index contributed by atoms with van der Waals surface area (Å²) >= 11 is 0. The molecule has 1 aliphatic heterocycles. The van der Waals surface area contributed by atoms with E-state index < -0.39 is 0 Å². The van der Waals surface area contributed by atoms with Gasteiger partial charge in [-0.25, -0.2) is 9.67 Å². The maximum Gasteiger partial charge on any atom is 0.188 e. The van der Waals surface area contributed by atoms with Crippen LogP contribution in [0.5, 0.6) is 0 Å². The number of benzene rings is 1. The molecular formula is C20H31IN6O. The monoisotopic (exact) mass is 498 g/mol. The Bertz CT molecular complexity index is 756. The lowest BCUT2D eigenvalue weighted by molar-refractivity contribution is 0.0376. The molecule has 2 heterocycles. The first kappa shape index (κ1) is 22.6. The number of hydrogen-bond donors (Lipinski definition) is 2. The van der Waals surface area contributed by atoms with Gasteiger partial charge < -0.3 is 15.8 Å². The number of hydrogen-bond acceptors (Lipinski definition) is 4. The SMILES string of the molecule is Cc1nn(-c2ccccc2)c(C)c1CN=C(N)NCCCN1CCOCC1.I. The zero-order chi connectivity index (χ0) is 19.1. The second-order valence-electron chi connectivity index (χ2n) is 6.83. The number of nitrogens with two attached hydrogens (primary N) is 1. The lowest BCUT2D eigenvalue weighted by Gasteiger charge is -2.26. The normalized spacial score (nSPS) is 15.3. The van der Waals surface area contributed by atoms with Crippen molar-refractivity contribution in [1.29, 1.82) is 0 Å². The maximum absolute atomic E-state index is 6.04. The van der Waals surface area contributed by atoms with Gasteiger partial charge in [-0.1, -0.05) is 18.2 Å². The van der Waals surface area contributed by atoms with Crippen LogP contribution < -0.4 is 11.1 Å². The molecule has 1 fully saturated rings. The molecule has 0 bridgehead atoms. The molecule has 0 aliphatic carbocycles. The van der Waals surface area contributed by atoms with Gasteiger partial charge in [0.15, 0.2) is 5.96 Å². The van der Waals surface area contributed by atoms with E-state index in [4.69, 9.17) is 10.5 Å². The van der Waals surface area contributed by atoms with Crippen LogP contribution in [0.4, 0.5) is 0 Å². The predicted octanol–water partition coefficient (Wildman–Crippen LogP) is 2.23. The highest BCUT2D eigenvalue weighted by Gasteiger charge is 2.12. The molecule has 0 unspecified atom stereocenters. The van der Waals surface area contributed by atoms with Crippen LogP contribution in [0, 0.1) is 13.8 Å². The van der Waals surface area contributed by atoms with Gasteiger partial charge in [-0.2, -0.15) is 5.10 Å². The standard InChI is InChI=1S/C20H30N6O.HI/c1-16-19(17(2)26(24-16)18-7-4-3-5-8-18)15-23-20(21)22-9-6-10-25-11-13-27-14-12-25;/h3-5,7-8H,6,9-15H2,1-2H3,(H3,21,22,23);1H. The molecule has 0 amide bonds. The van der Waals surface area contributed by atoms with Crippen LogP contribution in [-0.4, -0.2) is 60.0 Å². The highest BCUT2D eigenvalue weighted by Crippen LogP contribution is 2.18. The Morgan fingerprint density at radius 3 is 2.64 bits per heavy atom. The molecule has 3 rings (SSSR count). The Kier molecular flexibility index (Phi) is 9.20. The van der Waals surface area contributed by atoms with E-state index in [1.54, 1.807) is 0 Å². The Morgan fingerprint density at radius 2 is 1.93 bits per heavy atom. The van der Waals surface area contributed by atoms with E-state index in [9.17, 15) is 0 Å².